The minimum absolute atomic E-state index is 0.0222. The molecule has 0 N–H and O–H groups in total. The molecule has 0 amide bonds. The third-order valence-electron chi connectivity index (χ3n) is 2.25. The van der Waals surface area contributed by atoms with Crippen LogP contribution in [0.25, 0.3) is 11.5 Å². The van der Waals surface area contributed by atoms with E-state index in [4.69, 9.17) is 16.0 Å². The molecule has 6 heteroatoms. The van der Waals surface area contributed by atoms with E-state index in [-0.39, 0.29) is 21.3 Å². The van der Waals surface area contributed by atoms with Crippen LogP contribution < -0.4 is 0 Å². The van der Waals surface area contributed by atoms with E-state index < -0.39 is 5.82 Å². The van der Waals surface area contributed by atoms with Gasteiger partial charge < -0.3 is 4.42 Å². The quantitative estimate of drug-likeness (QED) is 0.788. The number of benzene rings is 1. The predicted octanol–water partition coefficient (Wildman–Crippen LogP) is 4.38. The molecule has 0 aliphatic rings. The molecule has 17 heavy (non-hydrogen) atoms. The molecule has 0 aliphatic carbocycles. The molecule has 0 spiro atoms. The smallest absolute Gasteiger partial charge is 0.250 e. The largest absolute Gasteiger partial charge is 0.419 e. The molecule has 1 aromatic carbocycles. The first-order valence-corrected chi connectivity index (χ1v) is 6.34. The molecule has 0 radical (unpaired) electrons. The maximum atomic E-state index is 13.7. The Hall–Kier alpha value is -0.940. The Labute approximate surface area is 111 Å². The molecule has 2 aromatic rings. The normalized spacial score (nSPS) is 12.7. The van der Waals surface area contributed by atoms with Crippen LogP contribution in [0.15, 0.2) is 22.6 Å². The molecule has 2 rings (SSSR count). The van der Waals surface area contributed by atoms with E-state index in [0.29, 0.717) is 5.89 Å². The molecule has 0 saturated heterocycles. The number of hydrogen-bond acceptors (Lipinski definition) is 3. The van der Waals surface area contributed by atoms with Gasteiger partial charge in [0.15, 0.2) is 5.82 Å². The first-order chi connectivity index (χ1) is 8.13. The summed E-state index contributed by atoms with van der Waals surface area (Å²) in [5, 5.41) is 7.71. The topological polar surface area (TPSA) is 38.9 Å². The van der Waals surface area contributed by atoms with E-state index in [2.05, 4.69) is 26.1 Å². The second kappa shape index (κ2) is 5.14. The Balaban J connectivity index is 2.40. The molecular formula is C11H9BrClFN2O. The minimum atomic E-state index is -0.549. The minimum Gasteiger partial charge on any atom is -0.419 e. The van der Waals surface area contributed by atoms with Crippen LogP contribution >= 0.6 is 27.5 Å². The zero-order valence-corrected chi connectivity index (χ0v) is 11.3. The Kier molecular flexibility index (Phi) is 3.79. The number of aromatic nitrogens is 2. The summed E-state index contributed by atoms with van der Waals surface area (Å²) in [6, 6.07) is 4.65. The number of alkyl halides is 1. The number of halogens is 3. The van der Waals surface area contributed by atoms with Crippen molar-refractivity contribution in [3.8, 4) is 11.5 Å². The fourth-order valence-electron chi connectivity index (χ4n) is 1.31. The lowest BCUT2D eigenvalue weighted by molar-refractivity contribution is 0.496. The Morgan fingerprint density at radius 1 is 1.47 bits per heavy atom. The molecule has 1 aromatic heterocycles. The van der Waals surface area contributed by atoms with Crippen LogP contribution in [0.4, 0.5) is 4.39 Å². The molecule has 90 valence electrons. The van der Waals surface area contributed by atoms with Crippen LogP contribution in [0.5, 0.6) is 0 Å². The number of nitrogens with zero attached hydrogens (tertiary/aromatic N) is 2. The maximum Gasteiger partial charge on any atom is 0.250 e. The average molecular weight is 320 g/mol. The lowest BCUT2D eigenvalue weighted by Gasteiger charge is -2.00. The summed E-state index contributed by atoms with van der Waals surface area (Å²) in [6.07, 6.45) is 0.805. The van der Waals surface area contributed by atoms with Crippen LogP contribution in [0.3, 0.4) is 0 Å². The Morgan fingerprint density at radius 3 is 2.94 bits per heavy atom. The monoisotopic (exact) mass is 318 g/mol. The van der Waals surface area contributed by atoms with Gasteiger partial charge in [0.25, 0.3) is 5.89 Å². The highest BCUT2D eigenvalue weighted by Gasteiger charge is 2.18. The van der Waals surface area contributed by atoms with Gasteiger partial charge in [-0.15, -0.1) is 10.2 Å². The third-order valence-corrected chi connectivity index (χ3v) is 3.58. The van der Waals surface area contributed by atoms with Crippen molar-refractivity contribution in [1.82, 2.24) is 10.2 Å². The summed E-state index contributed by atoms with van der Waals surface area (Å²) < 4.78 is 19.1. The lowest BCUT2D eigenvalue weighted by atomic mass is 10.2. The summed E-state index contributed by atoms with van der Waals surface area (Å²) in [5.41, 5.74) is 0.215. The molecule has 1 atom stereocenters. The van der Waals surface area contributed by atoms with Crippen molar-refractivity contribution < 1.29 is 8.81 Å². The van der Waals surface area contributed by atoms with Crippen molar-refractivity contribution in [3.63, 3.8) is 0 Å². The van der Waals surface area contributed by atoms with Crippen LogP contribution in [0.2, 0.25) is 5.02 Å². The van der Waals surface area contributed by atoms with Gasteiger partial charge in [-0.05, 0) is 18.6 Å². The summed E-state index contributed by atoms with van der Waals surface area (Å²) in [4.78, 5) is -0.0222. The van der Waals surface area contributed by atoms with Gasteiger partial charge in [0.1, 0.15) is 0 Å². The second-order valence-electron chi connectivity index (χ2n) is 3.42. The van der Waals surface area contributed by atoms with Gasteiger partial charge in [-0.2, -0.15) is 0 Å². The number of hydrogen-bond donors (Lipinski definition) is 0. The van der Waals surface area contributed by atoms with Crippen LogP contribution in [-0.2, 0) is 0 Å². The Bertz CT molecular complexity index is 532. The second-order valence-corrected chi connectivity index (χ2v) is 4.94. The van der Waals surface area contributed by atoms with Crippen molar-refractivity contribution in [2.75, 3.05) is 0 Å². The zero-order chi connectivity index (χ0) is 12.4. The van der Waals surface area contributed by atoms with Crippen molar-refractivity contribution in [2.45, 2.75) is 18.2 Å². The van der Waals surface area contributed by atoms with Crippen molar-refractivity contribution >= 4 is 27.5 Å². The molecule has 0 fully saturated rings. The van der Waals surface area contributed by atoms with Crippen LogP contribution in [0.1, 0.15) is 24.1 Å². The van der Waals surface area contributed by atoms with E-state index in [1.807, 2.05) is 6.92 Å². The summed E-state index contributed by atoms with van der Waals surface area (Å²) in [5.74, 6) is 0.0202. The van der Waals surface area contributed by atoms with Gasteiger partial charge in [0, 0.05) is 0 Å². The van der Waals surface area contributed by atoms with Gasteiger partial charge in [-0.3, -0.25) is 0 Å². The van der Waals surface area contributed by atoms with Gasteiger partial charge in [-0.1, -0.05) is 40.5 Å². The van der Waals surface area contributed by atoms with Gasteiger partial charge in [0.2, 0.25) is 5.89 Å². The fraction of sp³-hybridized carbons (Fsp3) is 0.273. The van der Waals surface area contributed by atoms with E-state index in [1.165, 1.54) is 6.07 Å². The van der Waals surface area contributed by atoms with Gasteiger partial charge in [-0.25, -0.2) is 4.39 Å². The fourth-order valence-corrected chi connectivity index (χ4v) is 1.67. The lowest BCUT2D eigenvalue weighted by Crippen LogP contribution is -1.86. The molecule has 0 saturated carbocycles. The third kappa shape index (κ3) is 2.50. The maximum absolute atomic E-state index is 13.7. The standard InChI is InChI=1S/C11H9BrClFN2O/c1-2-7(12)11-16-15-10(17-11)6-4-3-5-8(13)9(6)14/h3-5,7H,2H2,1H3. The predicted molar refractivity (Wildman–Crippen MR) is 66.7 cm³/mol. The molecular weight excluding hydrogens is 310 g/mol. The van der Waals surface area contributed by atoms with Gasteiger partial charge in [0.05, 0.1) is 15.4 Å². The molecule has 1 heterocycles. The first-order valence-electron chi connectivity index (χ1n) is 5.05. The number of rotatable bonds is 3. The SMILES string of the molecule is CCC(Br)c1nnc(-c2cccc(Cl)c2F)o1. The molecule has 0 bridgehead atoms. The van der Waals surface area contributed by atoms with E-state index in [9.17, 15) is 4.39 Å². The zero-order valence-electron chi connectivity index (χ0n) is 8.95. The highest BCUT2D eigenvalue weighted by atomic mass is 79.9. The first kappa shape index (κ1) is 12.5. The average Bonchev–Trinajstić information content (AvgIpc) is 2.81. The highest BCUT2D eigenvalue weighted by Crippen LogP contribution is 2.30. The van der Waals surface area contributed by atoms with E-state index >= 15 is 0 Å². The molecule has 1 unspecified atom stereocenters. The van der Waals surface area contributed by atoms with E-state index in [0.717, 1.165) is 6.42 Å². The summed E-state index contributed by atoms with van der Waals surface area (Å²) in [6.45, 7) is 1.98. The summed E-state index contributed by atoms with van der Waals surface area (Å²) in [7, 11) is 0. The molecule has 3 nitrogen and oxygen atoms in total. The van der Waals surface area contributed by atoms with Crippen molar-refractivity contribution in [1.29, 1.82) is 0 Å². The summed E-state index contributed by atoms with van der Waals surface area (Å²) >= 11 is 9.07. The molecule has 0 aliphatic heterocycles. The van der Waals surface area contributed by atoms with Crippen LogP contribution in [0, 0.1) is 5.82 Å². The van der Waals surface area contributed by atoms with Crippen molar-refractivity contribution in [2.24, 2.45) is 0 Å². The Morgan fingerprint density at radius 2 is 2.24 bits per heavy atom. The van der Waals surface area contributed by atoms with Crippen LogP contribution in [-0.4, -0.2) is 10.2 Å². The van der Waals surface area contributed by atoms with Crippen molar-refractivity contribution in [3.05, 3.63) is 34.9 Å². The highest BCUT2D eigenvalue weighted by molar-refractivity contribution is 9.09. The van der Waals surface area contributed by atoms with E-state index in [1.54, 1.807) is 12.1 Å². The van der Waals surface area contributed by atoms with Gasteiger partial charge >= 0.3 is 0 Å².